The van der Waals surface area contributed by atoms with Crippen LogP contribution in [0.25, 0.3) is 0 Å². The molecule has 140 valence electrons. The average molecular weight is 365 g/mol. The molecular formula is C23H24FNO2. The lowest BCUT2D eigenvalue weighted by atomic mass is 9.88. The number of piperidine rings is 1. The number of aryl methyl sites for hydroxylation is 1. The van der Waals surface area contributed by atoms with Gasteiger partial charge in [0.25, 0.3) is 0 Å². The van der Waals surface area contributed by atoms with E-state index in [2.05, 4.69) is 0 Å². The zero-order valence-electron chi connectivity index (χ0n) is 15.5. The zero-order valence-corrected chi connectivity index (χ0v) is 15.5. The van der Waals surface area contributed by atoms with Crippen molar-refractivity contribution in [3.05, 3.63) is 71.0 Å². The normalized spacial score (nSPS) is 22.5. The van der Waals surface area contributed by atoms with E-state index in [1.165, 1.54) is 6.07 Å². The fourth-order valence-electron chi connectivity index (χ4n) is 4.14. The minimum atomic E-state index is -0.222. The molecule has 1 amide bonds. The molecule has 1 saturated heterocycles. The molecule has 2 unspecified atom stereocenters. The van der Waals surface area contributed by atoms with Crippen LogP contribution in [0.1, 0.15) is 46.7 Å². The summed E-state index contributed by atoms with van der Waals surface area (Å²) in [6.07, 6.45) is 2.13. The highest BCUT2D eigenvalue weighted by Gasteiger charge is 2.47. The first-order valence-corrected chi connectivity index (χ1v) is 9.68. The molecule has 0 radical (unpaired) electrons. The minimum absolute atomic E-state index is 0.00520. The first-order valence-electron chi connectivity index (χ1n) is 9.68. The molecule has 0 N–H and O–H groups in total. The molecule has 3 nitrogen and oxygen atoms in total. The lowest BCUT2D eigenvalue weighted by Gasteiger charge is -2.31. The molecule has 2 fully saturated rings. The van der Waals surface area contributed by atoms with Crippen LogP contribution in [0, 0.1) is 24.6 Å². The summed E-state index contributed by atoms with van der Waals surface area (Å²) in [5, 5.41) is 0. The molecule has 4 heteroatoms. The van der Waals surface area contributed by atoms with E-state index in [-0.39, 0.29) is 35.3 Å². The van der Waals surface area contributed by atoms with E-state index in [0.717, 1.165) is 17.5 Å². The summed E-state index contributed by atoms with van der Waals surface area (Å²) in [4.78, 5) is 27.3. The molecule has 0 spiro atoms. The first-order chi connectivity index (χ1) is 13.0. The molecule has 27 heavy (non-hydrogen) atoms. The van der Waals surface area contributed by atoms with Gasteiger partial charge in [0.05, 0.1) is 0 Å². The van der Waals surface area contributed by atoms with Crippen molar-refractivity contribution < 1.29 is 14.0 Å². The van der Waals surface area contributed by atoms with E-state index in [4.69, 9.17) is 0 Å². The van der Waals surface area contributed by atoms with Gasteiger partial charge >= 0.3 is 0 Å². The van der Waals surface area contributed by atoms with Crippen LogP contribution in [0.2, 0.25) is 0 Å². The number of nitrogens with zero attached hydrogens (tertiary/aromatic N) is 1. The Kier molecular flexibility index (Phi) is 4.81. The summed E-state index contributed by atoms with van der Waals surface area (Å²) in [6, 6.07) is 14.4. The summed E-state index contributed by atoms with van der Waals surface area (Å²) in [6.45, 7) is 3.23. The number of benzene rings is 2. The van der Waals surface area contributed by atoms with Crippen molar-refractivity contribution in [3.63, 3.8) is 0 Å². The van der Waals surface area contributed by atoms with Crippen LogP contribution in [0.4, 0.5) is 4.39 Å². The number of amides is 1. The van der Waals surface area contributed by atoms with Gasteiger partial charge in [-0.15, -0.1) is 0 Å². The van der Waals surface area contributed by atoms with E-state index < -0.39 is 0 Å². The maximum Gasteiger partial charge on any atom is 0.226 e. The molecule has 1 aliphatic carbocycles. The van der Waals surface area contributed by atoms with E-state index in [1.807, 2.05) is 42.2 Å². The van der Waals surface area contributed by atoms with Gasteiger partial charge in [0.2, 0.25) is 5.91 Å². The molecular weight excluding hydrogens is 341 g/mol. The number of hydrogen-bond donors (Lipinski definition) is 0. The van der Waals surface area contributed by atoms with Gasteiger partial charge in [-0.3, -0.25) is 9.59 Å². The Morgan fingerprint density at radius 2 is 1.67 bits per heavy atom. The Bertz CT molecular complexity index is 853. The molecule has 4 rings (SSSR count). The Balaban J connectivity index is 1.33. The third-order valence-electron chi connectivity index (χ3n) is 5.93. The molecule has 0 bridgehead atoms. The summed E-state index contributed by atoms with van der Waals surface area (Å²) in [7, 11) is 0. The van der Waals surface area contributed by atoms with Crippen LogP contribution >= 0.6 is 0 Å². The lowest BCUT2D eigenvalue weighted by molar-refractivity contribution is -0.133. The van der Waals surface area contributed by atoms with Crippen LogP contribution in [-0.2, 0) is 4.79 Å². The highest BCUT2D eigenvalue weighted by atomic mass is 19.1. The summed E-state index contributed by atoms with van der Waals surface area (Å²) in [5.41, 5.74) is 2.55. The summed E-state index contributed by atoms with van der Waals surface area (Å²) in [5.74, 6) is -0.0439. The second-order valence-corrected chi connectivity index (χ2v) is 7.80. The van der Waals surface area contributed by atoms with Crippen LogP contribution in [0.15, 0.2) is 48.5 Å². The molecule has 1 aliphatic heterocycles. The largest absolute Gasteiger partial charge is 0.342 e. The molecule has 1 saturated carbocycles. The van der Waals surface area contributed by atoms with Gasteiger partial charge in [-0.25, -0.2) is 4.39 Å². The van der Waals surface area contributed by atoms with Gasteiger partial charge in [-0.1, -0.05) is 48.0 Å². The van der Waals surface area contributed by atoms with Crippen LogP contribution in [0.3, 0.4) is 0 Å². The highest BCUT2D eigenvalue weighted by Crippen LogP contribution is 2.49. The number of carbonyl (C=O) groups excluding carboxylic acids is 2. The minimum Gasteiger partial charge on any atom is -0.342 e. The number of hydrogen-bond acceptors (Lipinski definition) is 2. The van der Waals surface area contributed by atoms with E-state index in [1.54, 1.807) is 12.1 Å². The van der Waals surface area contributed by atoms with E-state index >= 15 is 0 Å². The molecule has 2 aromatic carbocycles. The Morgan fingerprint density at radius 1 is 1.00 bits per heavy atom. The SMILES string of the molecule is Cc1ccc(C(=O)C2CCN(C(=O)C3CC3c3ccccc3F)CC2)cc1. The quantitative estimate of drug-likeness (QED) is 0.755. The molecule has 1 heterocycles. The predicted molar refractivity (Wildman–Crippen MR) is 102 cm³/mol. The van der Waals surface area contributed by atoms with Gasteiger partial charge in [-0.05, 0) is 43.7 Å². The van der Waals surface area contributed by atoms with Gasteiger partial charge in [-0.2, -0.15) is 0 Å². The van der Waals surface area contributed by atoms with Crippen molar-refractivity contribution in [2.24, 2.45) is 11.8 Å². The number of ketones is 1. The fourth-order valence-corrected chi connectivity index (χ4v) is 4.14. The Morgan fingerprint density at radius 3 is 2.33 bits per heavy atom. The topological polar surface area (TPSA) is 37.4 Å². The molecule has 0 aromatic heterocycles. The van der Waals surface area contributed by atoms with Crippen LogP contribution < -0.4 is 0 Å². The van der Waals surface area contributed by atoms with Gasteiger partial charge in [0, 0.05) is 30.5 Å². The van der Waals surface area contributed by atoms with Gasteiger partial charge in [0.15, 0.2) is 5.78 Å². The summed E-state index contributed by atoms with van der Waals surface area (Å²) >= 11 is 0. The van der Waals surface area contributed by atoms with E-state index in [9.17, 15) is 14.0 Å². The maximum absolute atomic E-state index is 13.9. The second-order valence-electron chi connectivity index (χ2n) is 7.80. The molecule has 2 aliphatic rings. The number of likely N-dealkylation sites (tertiary alicyclic amines) is 1. The van der Waals surface area contributed by atoms with Crippen molar-refractivity contribution in [3.8, 4) is 0 Å². The van der Waals surface area contributed by atoms with Crippen molar-refractivity contribution in [1.82, 2.24) is 4.90 Å². The second kappa shape index (κ2) is 7.26. The number of halogens is 1. The lowest BCUT2D eigenvalue weighted by Crippen LogP contribution is -2.41. The standard InChI is InChI=1S/C23H24FNO2/c1-15-6-8-16(9-7-15)22(26)17-10-12-25(13-11-17)23(27)20-14-19(20)18-4-2-3-5-21(18)24/h2-9,17,19-20H,10-14H2,1H3. The van der Waals surface area contributed by atoms with Crippen LogP contribution in [0.5, 0.6) is 0 Å². The first kappa shape index (κ1) is 17.9. The highest BCUT2D eigenvalue weighted by molar-refractivity contribution is 5.98. The van der Waals surface area contributed by atoms with Crippen molar-refractivity contribution in [1.29, 1.82) is 0 Å². The predicted octanol–water partition coefficient (Wildman–Crippen LogP) is 4.36. The number of rotatable bonds is 4. The average Bonchev–Trinajstić information content (AvgIpc) is 3.48. The number of Topliss-reactive ketones (excluding diaryl/α,β-unsaturated/α-hetero) is 1. The Hall–Kier alpha value is -2.49. The third-order valence-corrected chi connectivity index (χ3v) is 5.93. The van der Waals surface area contributed by atoms with Crippen molar-refractivity contribution in [2.75, 3.05) is 13.1 Å². The smallest absolute Gasteiger partial charge is 0.226 e. The molecule has 2 aromatic rings. The monoisotopic (exact) mass is 365 g/mol. The zero-order chi connectivity index (χ0) is 19.0. The Labute approximate surface area is 159 Å². The van der Waals surface area contributed by atoms with Crippen LogP contribution in [-0.4, -0.2) is 29.7 Å². The van der Waals surface area contributed by atoms with Gasteiger partial charge < -0.3 is 4.90 Å². The van der Waals surface area contributed by atoms with E-state index in [0.29, 0.717) is 31.5 Å². The number of carbonyl (C=O) groups is 2. The summed E-state index contributed by atoms with van der Waals surface area (Å²) < 4.78 is 13.9. The fraction of sp³-hybridized carbons (Fsp3) is 0.391. The van der Waals surface area contributed by atoms with Gasteiger partial charge in [0.1, 0.15) is 5.82 Å². The maximum atomic E-state index is 13.9. The molecule has 2 atom stereocenters. The third kappa shape index (κ3) is 3.66. The van der Waals surface area contributed by atoms with Crippen molar-refractivity contribution >= 4 is 11.7 Å². The van der Waals surface area contributed by atoms with Crippen molar-refractivity contribution in [2.45, 2.75) is 32.1 Å².